The first kappa shape index (κ1) is 31.1. The third-order valence-corrected chi connectivity index (χ3v) is 5.29. The number of carboxylic acids is 1. The molecule has 194 valence electrons. The number of amides is 5. The van der Waals surface area contributed by atoms with Crippen LogP contribution in [0.4, 0.5) is 0 Å². The van der Waals surface area contributed by atoms with Crippen LogP contribution in [0.5, 0.6) is 0 Å². The van der Waals surface area contributed by atoms with E-state index in [-0.39, 0.29) is 31.6 Å². The Hall–Kier alpha value is -2.87. The van der Waals surface area contributed by atoms with Gasteiger partial charge in [0, 0.05) is 6.42 Å². The van der Waals surface area contributed by atoms with E-state index in [0.29, 0.717) is 5.75 Å². The lowest BCUT2D eigenvalue weighted by molar-refractivity contribution is -0.144. The van der Waals surface area contributed by atoms with Crippen molar-refractivity contribution in [2.75, 3.05) is 12.0 Å². The fraction of sp³-hybridized carbons (Fsp3) is 0.700. The second-order valence-electron chi connectivity index (χ2n) is 8.21. The maximum absolute atomic E-state index is 12.9. The van der Waals surface area contributed by atoms with Crippen LogP contribution >= 0.6 is 11.8 Å². The third-order valence-electron chi connectivity index (χ3n) is 4.64. The van der Waals surface area contributed by atoms with Gasteiger partial charge < -0.3 is 38.3 Å². The summed E-state index contributed by atoms with van der Waals surface area (Å²) >= 11 is 1.44. The van der Waals surface area contributed by atoms with Gasteiger partial charge in [-0.1, -0.05) is 13.8 Å². The Morgan fingerprint density at radius 2 is 1.35 bits per heavy atom. The van der Waals surface area contributed by atoms with E-state index in [1.807, 2.05) is 6.26 Å². The topological polar surface area (TPSA) is 237 Å². The number of hydrogen-bond acceptors (Lipinski definition) is 8. The number of carbonyl (C=O) groups is 6. The van der Waals surface area contributed by atoms with Gasteiger partial charge in [-0.2, -0.15) is 11.8 Å². The van der Waals surface area contributed by atoms with Crippen LogP contribution in [0.2, 0.25) is 0 Å². The van der Waals surface area contributed by atoms with E-state index in [1.165, 1.54) is 11.8 Å². The van der Waals surface area contributed by atoms with Crippen LogP contribution in [0.1, 0.15) is 46.0 Å². The van der Waals surface area contributed by atoms with Crippen LogP contribution in [0, 0.1) is 5.92 Å². The quantitative estimate of drug-likeness (QED) is 0.113. The highest BCUT2D eigenvalue weighted by atomic mass is 32.2. The number of carbonyl (C=O) groups excluding carboxylic acids is 5. The molecule has 0 bridgehead atoms. The fourth-order valence-electron chi connectivity index (χ4n) is 2.86. The zero-order chi connectivity index (χ0) is 26.4. The third kappa shape index (κ3) is 13.0. The molecule has 10 N–H and O–H groups in total. The monoisotopic (exact) mass is 504 g/mol. The summed E-state index contributed by atoms with van der Waals surface area (Å²) in [4.78, 5) is 71.4. The van der Waals surface area contributed by atoms with E-state index in [9.17, 15) is 33.9 Å². The van der Waals surface area contributed by atoms with Gasteiger partial charge in [0.2, 0.25) is 29.5 Å². The molecule has 14 heteroatoms. The maximum atomic E-state index is 12.9. The Balaban J connectivity index is 5.45. The Bertz CT molecular complexity index is 749. The van der Waals surface area contributed by atoms with Crippen LogP contribution in [-0.4, -0.2) is 76.8 Å². The van der Waals surface area contributed by atoms with Gasteiger partial charge in [0.1, 0.15) is 18.1 Å². The molecule has 13 nitrogen and oxygen atoms in total. The molecule has 0 rings (SSSR count). The van der Waals surface area contributed by atoms with E-state index in [0.717, 1.165) is 0 Å². The number of nitrogens with one attached hydrogen (secondary N) is 3. The highest BCUT2D eigenvalue weighted by molar-refractivity contribution is 7.98. The highest BCUT2D eigenvalue weighted by Gasteiger charge is 2.31. The second-order valence-corrected chi connectivity index (χ2v) is 9.20. The molecular formula is C20H36N6O7S. The lowest BCUT2D eigenvalue weighted by Crippen LogP contribution is -2.57. The summed E-state index contributed by atoms with van der Waals surface area (Å²) in [5.74, 6) is -4.64. The lowest BCUT2D eigenvalue weighted by Gasteiger charge is -2.26. The molecule has 0 radical (unpaired) electrons. The number of carboxylic acid groups (broad SMARTS) is 1. The van der Waals surface area contributed by atoms with Crippen molar-refractivity contribution in [2.24, 2.45) is 23.1 Å². The normalized spacial score (nSPS) is 14.4. The molecule has 4 unspecified atom stereocenters. The largest absolute Gasteiger partial charge is 0.480 e. The maximum Gasteiger partial charge on any atom is 0.326 e. The lowest BCUT2D eigenvalue weighted by atomic mass is 10.0. The minimum Gasteiger partial charge on any atom is -0.480 e. The van der Waals surface area contributed by atoms with Gasteiger partial charge in [-0.05, 0) is 37.2 Å². The zero-order valence-corrected chi connectivity index (χ0v) is 20.5. The van der Waals surface area contributed by atoms with Crippen molar-refractivity contribution < 1.29 is 33.9 Å². The first-order chi connectivity index (χ1) is 15.8. The van der Waals surface area contributed by atoms with Gasteiger partial charge in [-0.25, -0.2) is 4.79 Å². The molecule has 0 aromatic heterocycles. The molecule has 0 saturated carbocycles. The molecule has 0 heterocycles. The number of aliphatic carboxylic acids is 1. The Morgan fingerprint density at radius 3 is 1.82 bits per heavy atom. The number of nitrogens with two attached hydrogens (primary N) is 3. The molecular weight excluding hydrogens is 468 g/mol. The van der Waals surface area contributed by atoms with E-state index in [4.69, 9.17) is 17.2 Å². The van der Waals surface area contributed by atoms with Gasteiger partial charge >= 0.3 is 5.97 Å². The summed E-state index contributed by atoms with van der Waals surface area (Å²) in [7, 11) is 0. The van der Waals surface area contributed by atoms with Crippen LogP contribution < -0.4 is 33.2 Å². The molecule has 0 saturated heterocycles. The van der Waals surface area contributed by atoms with Crippen molar-refractivity contribution in [3.63, 3.8) is 0 Å². The van der Waals surface area contributed by atoms with Gasteiger partial charge in [0.05, 0.1) is 12.5 Å². The number of hydrogen-bond donors (Lipinski definition) is 7. The second kappa shape index (κ2) is 15.9. The standard InChI is InChI=1S/C20H36N6O7S/c1-10(2)8-13(19(31)26-14(20(32)33)9-16(23)28)25-18(30)12(6-7-34-3)24-17(29)11(21)4-5-15(22)27/h10-14H,4-9,21H2,1-3H3,(H2,22,27)(H2,23,28)(H,24,29)(H,25,30)(H,26,31)(H,32,33). The number of rotatable bonds is 17. The molecule has 4 atom stereocenters. The number of primary amides is 2. The molecule has 0 aliphatic rings. The van der Waals surface area contributed by atoms with Gasteiger partial charge in [0.25, 0.3) is 0 Å². The molecule has 0 aromatic rings. The SMILES string of the molecule is CSCCC(NC(=O)C(N)CCC(N)=O)C(=O)NC(CC(C)C)C(=O)NC(CC(N)=O)C(=O)O. The van der Waals surface area contributed by atoms with Crippen molar-refractivity contribution in [1.29, 1.82) is 0 Å². The van der Waals surface area contributed by atoms with E-state index >= 15 is 0 Å². The molecule has 0 fully saturated rings. The van der Waals surface area contributed by atoms with Crippen LogP contribution in [0.25, 0.3) is 0 Å². The Kier molecular flexibility index (Phi) is 14.5. The van der Waals surface area contributed by atoms with E-state index in [1.54, 1.807) is 13.8 Å². The summed E-state index contributed by atoms with van der Waals surface area (Å²) in [6.45, 7) is 3.60. The van der Waals surface area contributed by atoms with E-state index in [2.05, 4.69) is 16.0 Å². The van der Waals surface area contributed by atoms with Crippen LogP contribution in [-0.2, 0) is 28.8 Å². The predicted molar refractivity (Wildman–Crippen MR) is 126 cm³/mol. The molecule has 0 aliphatic heterocycles. The van der Waals surface area contributed by atoms with Crippen molar-refractivity contribution in [2.45, 2.75) is 70.1 Å². The molecule has 0 aliphatic carbocycles. The van der Waals surface area contributed by atoms with Gasteiger partial charge in [0.15, 0.2) is 0 Å². The number of thioether (sulfide) groups is 1. The Morgan fingerprint density at radius 1 is 0.824 bits per heavy atom. The van der Waals surface area contributed by atoms with Gasteiger partial charge in [-0.3, -0.25) is 24.0 Å². The molecule has 0 spiro atoms. The Labute approximate surface area is 202 Å². The minimum atomic E-state index is -1.55. The highest BCUT2D eigenvalue weighted by Crippen LogP contribution is 2.09. The van der Waals surface area contributed by atoms with Crippen molar-refractivity contribution in [3.8, 4) is 0 Å². The van der Waals surface area contributed by atoms with Crippen molar-refractivity contribution in [1.82, 2.24) is 16.0 Å². The smallest absolute Gasteiger partial charge is 0.326 e. The summed E-state index contributed by atoms with van der Waals surface area (Å²) in [6.07, 6.45) is 1.52. The molecule has 34 heavy (non-hydrogen) atoms. The predicted octanol–water partition coefficient (Wildman–Crippen LogP) is -2.21. The average Bonchev–Trinajstić information content (AvgIpc) is 2.72. The fourth-order valence-corrected chi connectivity index (χ4v) is 3.33. The van der Waals surface area contributed by atoms with Crippen molar-refractivity contribution >= 4 is 47.3 Å². The van der Waals surface area contributed by atoms with E-state index < -0.39 is 66.1 Å². The summed E-state index contributed by atoms with van der Waals surface area (Å²) in [5, 5.41) is 16.5. The van der Waals surface area contributed by atoms with Crippen molar-refractivity contribution in [3.05, 3.63) is 0 Å². The first-order valence-electron chi connectivity index (χ1n) is 10.7. The first-order valence-corrected chi connectivity index (χ1v) is 12.1. The van der Waals surface area contributed by atoms with Crippen LogP contribution in [0.3, 0.4) is 0 Å². The minimum absolute atomic E-state index is 0.00680. The van der Waals surface area contributed by atoms with Crippen LogP contribution in [0.15, 0.2) is 0 Å². The molecule has 0 aromatic carbocycles. The summed E-state index contributed by atoms with van der Waals surface area (Å²) in [5.41, 5.74) is 15.9. The summed E-state index contributed by atoms with van der Waals surface area (Å²) < 4.78 is 0. The zero-order valence-electron chi connectivity index (χ0n) is 19.7. The summed E-state index contributed by atoms with van der Waals surface area (Å²) in [6, 6.07) is -4.76. The molecule has 5 amide bonds. The van der Waals surface area contributed by atoms with Gasteiger partial charge in [-0.15, -0.1) is 0 Å². The average molecular weight is 505 g/mol.